The number of methoxy groups -OCH3 is 1. The van der Waals surface area contributed by atoms with Gasteiger partial charge >= 0.3 is 0 Å². The summed E-state index contributed by atoms with van der Waals surface area (Å²) in [5.41, 5.74) is 9.34. The average molecular weight is 303 g/mol. The van der Waals surface area contributed by atoms with Gasteiger partial charge in [-0.1, -0.05) is 29.8 Å². The summed E-state index contributed by atoms with van der Waals surface area (Å²) in [6.07, 6.45) is 0. The van der Waals surface area contributed by atoms with Gasteiger partial charge in [0.1, 0.15) is 5.75 Å². The van der Waals surface area contributed by atoms with Crippen molar-refractivity contribution in [2.45, 2.75) is 24.8 Å². The molecule has 0 aliphatic heterocycles. The Kier molecular flexibility index (Phi) is 5.15. The lowest BCUT2D eigenvalue weighted by Crippen LogP contribution is -2.18. The first-order chi connectivity index (χ1) is 10.0. The molecule has 0 saturated carbocycles. The second-order valence-electron chi connectivity index (χ2n) is 5.16. The van der Waals surface area contributed by atoms with E-state index in [4.69, 9.17) is 10.5 Å². The van der Waals surface area contributed by atoms with Gasteiger partial charge in [-0.3, -0.25) is 4.21 Å². The van der Waals surface area contributed by atoms with Gasteiger partial charge in [-0.15, -0.1) is 0 Å². The lowest BCUT2D eigenvalue weighted by molar-refractivity contribution is 0.414. The second kappa shape index (κ2) is 6.87. The Morgan fingerprint density at radius 2 is 1.95 bits per heavy atom. The summed E-state index contributed by atoms with van der Waals surface area (Å²) in [6.45, 7) is 4.01. The van der Waals surface area contributed by atoms with Crippen LogP contribution in [0.15, 0.2) is 47.4 Å². The van der Waals surface area contributed by atoms with Crippen molar-refractivity contribution >= 4 is 10.8 Å². The molecular weight excluding hydrogens is 282 g/mol. The minimum absolute atomic E-state index is 0.276. The molecule has 2 atom stereocenters. The van der Waals surface area contributed by atoms with Gasteiger partial charge in [-0.05, 0) is 43.2 Å². The Morgan fingerprint density at radius 1 is 1.19 bits per heavy atom. The fourth-order valence-electron chi connectivity index (χ4n) is 2.28. The standard InChI is InChI=1S/C17H21NO2S/c1-12-7-8-17(13(2)9-12)21(19)11-16(18)14-5-4-6-15(10-14)20-3/h4-10,16H,11,18H2,1-3H3. The van der Waals surface area contributed by atoms with E-state index >= 15 is 0 Å². The number of aryl methyl sites for hydroxylation is 2. The van der Waals surface area contributed by atoms with Gasteiger partial charge < -0.3 is 10.5 Å². The van der Waals surface area contributed by atoms with Crippen LogP contribution in [0.5, 0.6) is 5.75 Å². The van der Waals surface area contributed by atoms with Gasteiger partial charge in [-0.25, -0.2) is 0 Å². The van der Waals surface area contributed by atoms with Gasteiger partial charge in [-0.2, -0.15) is 0 Å². The Bertz CT molecular complexity index is 655. The maximum atomic E-state index is 12.5. The molecule has 0 aliphatic rings. The molecule has 3 nitrogen and oxygen atoms in total. The molecule has 2 aromatic rings. The smallest absolute Gasteiger partial charge is 0.119 e. The average Bonchev–Trinajstić information content (AvgIpc) is 2.47. The third kappa shape index (κ3) is 3.93. The number of nitrogens with two attached hydrogens (primary N) is 1. The van der Waals surface area contributed by atoms with Gasteiger partial charge in [0.15, 0.2) is 0 Å². The zero-order chi connectivity index (χ0) is 15.4. The highest BCUT2D eigenvalue weighted by Gasteiger charge is 2.14. The molecule has 0 heterocycles. The van der Waals surface area contributed by atoms with Gasteiger partial charge in [0, 0.05) is 16.7 Å². The Hall–Kier alpha value is -1.65. The van der Waals surface area contributed by atoms with Crippen LogP contribution in [0, 0.1) is 13.8 Å². The first-order valence-corrected chi connectivity index (χ1v) is 8.18. The molecule has 0 fully saturated rings. The summed E-state index contributed by atoms with van der Waals surface area (Å²) in [7, 11) is 0.515. The normalized spacial score (nSPS) is 13.7. The second-order valence-corrected chi connectivity index (χ2v) is 6.63. The fourth-order valence-corrected chi connectivity index (χ4v) is 3.61. The number of benzene rings is 2. The molecular formula is C17H21NO2S. The van der Waals surface area contributed by atoms with Crippen LogP contribution < -0.4 is 10.5 Å². The molecule has 0 amide bonds. The molecule has 112 valence electrons. The molecule has 0 bridgehead atoms. The first-order valence-electron chi connectivity index (χ1n) is 6.86. The molecule has 0 radical (unpaired) electrons. The van der Waals surface area contributed by atoms with E-state index in [1.54, 1.807) is 7.11 Å². The first kappa shape index (κ1) is 15.7. The minimum atomic E-state index is -1.11. The summed E-state index contributed by atoms with van der Waals surface area (Å²) in [5, 5.41) is 0. The molecule has 2 unspecified atom stereocenters. The van der Waals surface area contributed by atoms with Gasteiger partial charge in [0.25, 0.3) is 0 Å². The van der Waals surface area contributed by atoms with Crippen LogP contribution >= 0.6 is 0 Å². The lowest BCUT2D eigenvalue weighted by Gasteiger charge is -2.14. The van der Waals surface area contributed by atoms with Crippen molar-refractivity contribution in [2.24, 2.45) is 5.73 Å². The minimum Gasteiger partial charge on any atom is -0.497 e. The summed E-state index contributed by atoms with van der Waals surface area (Å²) in [5.74, 6) is 1.16. The van der Waals surface area contributed by atoms with Crippen molar-refractivity contribution in [3.05, 3.63) is 59.2 Å². The fraction of sp³-hybridized carbons (Fsp3) is 0.294. The highest BCUT2D eigenvalue weighted by Crippen LogP contribution is 2.21. The molecule has 2 aromatic carbocycles. The largest absolute Gasteiger partial charge is 0.497 e. The van der Waals surface area contributed by atoms with Crippen LogP contribution in [0.1, 0.15) is 22.7 Å². The van der Waals surface area contributed by atoms with Crippen molar-refractivity contribution < 1.29 is 8.95 Å². The molecule has 2 N–H and O–H groups in total. The summed E-state index contributed by atoms with van der Waals surface area (Å²) < 4.78 is 17.7. The van der Waals surface area contributed by atoms with Crippen LogP contribution in [-0.4, -0.2) is 17.1 Å². The SMILES string of the molecule is COc1cccc(C(N)CS(=O)c2ccc(C)cc2C)c1. The Labute approximate surface area is 128 Å². The molecule has 0 saturated heterocycles. The van der Waals surface area contributed by atoms with Crippen molar-refractivity contribution in [3.63, 3.8) is 0 Å². The number of rotatable bonds is 5. The van der Waals surface area contributed by atoms with Gasteiger partial charge in [0.2, 0.25) is 0 Å². The molecule has 0 spiro atoms. The van der Waals surface area contributed by atoms with E-state index in [0.29, 0.717) is 5.75 Å². The molecule has 0 aliphatic carbocycles. The van der Waals surface area contributed by atoms with E-state index < -0.39 is 10.8 Å². The maximum absolute atomic E-state index is 12.5. The Balaban J connectivity index is 2.14. The molecule has 4 heteroatoms. The van der Waals surface area contributed by atoms with Crippen LogP contribution in [0.25, 0.3) is 0 Å². The van der Waals surface area contributed by atoms with Crippen LogP contribution in [0.2, 0.25) is 0 Å². The van der Waals surface area contributed by atoms with E-state index in [9.17, 15) is 4.21 Å². The van der Waals surface area contributed by atoms with Crippen molar-refractivity contribution in [1.82, 2.24) is 0 Å². The molecule has 0 aromatic heterocycles. The maximum Gasteiger partial charge on any atom is 0.119 e. The predicted molar refractivity (Wildman–Crippen MR) is 87.1 cm³/mol. The van der Waals surface area contributed by atoms with E-state index in [-0.39, 0.29) is 6.04 Å². The van der Waals surface area contributed by atoms with Crippen molar-refractivity contribution in [1.29, 1.82) is 0 Å². The van der Waals surface area contributed by atoms with E-state index in [2.05, 4.69) is 0 Å². The zero-order valence-electron chi connectivity index (χ0n) is 12.6. The summed E-state index contributed by atoms with van der Waals surface area (Å²) in [6, 6.07) is 13.3. The number of ether oxygens (including phenoxy) is 1. The topological polar surface area (TPSA) is 52.3 Å². The van der Waals surface area contributed by atoms with Gasteiger partial charge in [0.05, 0.1) is 17.9 Å². The monoisotopic (exact) mass is 303 g/mol. The summed E-state index contributed by atoms with van der Waals surface area (Å²) >= 11 is 0. The van der Waals surface area contributed by atoms with Crippen LogP contribution in [0.3, 0.4) is 0 Å². The van der Waals surface area contributed by atoms with Crippen molar-refractivity contribution in [2.75, 3.05) is 12.9 Å². The highest BCUT2D eigenvalue weighted by atomic mass is 32.2. The number of hydrogen-bond donors (Lipinski definition) is 1. The quantitative estimate of drug-likeness (QED) is 0.923. The van der Waals surface area contributed by atoms with E-state index in [1.165, 1.54) is 5.56 Å². The zero-order valence-corrected chi connectivity index (χ0v) is 13.4. The Morgan fingerprint density at radius 3 is 2.62 bits per heavy atom. The number of hydrogen-bond acceptors (Lipinski definition) is 3. The lowest BCUT2D eigenvalue weighted by atomic mass is 10.1. The molecule has 21 heavy (non-hydrogen) atoms. The highest BCUT2D eigenvalue weighted by molar-refractivity contribution is 7.85. The van der Waals surface area contributed by atoms with Crippen LogP contribution in [-0.2, 0) is 10.8 Å². The third-order valence-corrected chi connectivity index (χ3v) is 5.04. The van der Waals surface area contributed by atoms with Crippen LogP contribution in [0.4, 0.5) is 0 Å². The van der Waals surface area contributed by atoms with E-state index in [0.717, 1.165) is 21.8 Å². The van der Waals surface area contributed by atoms with E-state index in [1.807, 2.05) is 56.3 Å². The third-order valence-electron chi connectivity index (χ3n) is 3.43. The predicted octanol–water partition coefficient (Wildman–Crippen LogP) is 3.12. The molecule has 2 rings (SSSR count). The summed E-state index contributed by atoms with van der Waals surface area (Å²) in [4.78, 5) is 0.860. The van der Waals surface area contributed by atoms with Crippen molar-refractivity contribution in [3.8, 4) is 5.75 Å².